The molecule has 2 rings (SSSR count). The molecule has 1 saturated carbocycles. The molecule has 2 nitrogen and oxygen atoms in total. The average molecular weight is 280 g/mol. The Morgan fingerprint density at radius 3 is 2.50 bits per heavy atom. The first kappa shape index (κ1) is 16.3. The topological polar surface area (TPSA) is 29.3 Å². The zero-order valence-corrected chi connectivity index (χ0v) is 14.3. The largest absolute Gasteiger partial charge is 0.329 e. The molecule has 1 aliphatic heterocycles. The Morgan fingerprint density at radius 1 is 1.15 bits per heavy atom. The number of likely N-dealkylation sites (tertiary alicyclic amines) is 1. The van der Waals surface area contributed by atoms with Crippen LogP contribution < -0.4 is 5.73 Å². The highest BCUT2D eigenvalue weighted by Gasteiger charge is 2.46. The molecule has 0 radical (unpaired) electrons. The highest BCUT2D eigenvalue weighted by atomic mass is 15.2. The lowest BCUT2D eigenvalue weighted by molar-refractivity contribution is -0.0210. The van der Waals surface area contributed by atoms with Gasteiger partial charge in [-0.15, -0.1) is 0 Å². The second-order valence-electron chi connectivity index (χ2n) is 8.27. The van der Waals surface area contributed by atoms with Gasteiger partial charge in [-0.05, 0) is 68.9 Å². The van der Waals surface area contributed by atoms with Gasteiger partial charge in [-0.2, -0.15) is 0 Å². The van der Waals surface area contributed by atoms with Crippen molar-refractivity contribution in [1.29, 1.82) is 0 Å². The van der Waals surface area contributed by atoms with Gasteiger partial charge in [-0.3, -0.25) is 4.90 Å². The highest BCUT2D eigenvalue weighted by Crippen LogP contribution is 2.46. The molecular formula is C18H36N2. The number of hydrogen-bond acceptors (Lipinski definition) is 2. The van der Waals surface area contributed by atoms with E-state index in [4.69, 9.17) is 5.73 Å². The second-order valence-corrected chi connectivity index (χ2v) is 8.27. The van der Waals surface area contributed by atoms with Crippen LogP contribution in [0.15, 0.2) is 0 Å². The number of hydrogen-bond donors (Lipinski definition) is 1. The predicted octanol–water partition coefficient (Wildman–Crippen LogP) is 4.04. The van der Waals surface area contributed by atoms with Crippen LogP contribution in [0.25, 0.3) is 0 Å². The minimum absolute atomic E-state index is 0.290. The third-order valence-electron chi connectivity index (χ3n) is 6.42. The van der Waals surface area contributed by atoms with Gasteiger partial charge in [-0.1, -0.05) is 34.1 Å². The van der Waals surface area contributed by atoms with Crippen LogP contribution >= 0.6 is 0 Å². The Kier molecular flexibility index (Phi) is 5.18. The first-order valence-electron chi connectivity index (χ1n) is 8.88. The van der Waals surface area contributed by atoms with Crippen molar-refractivity contribution in [3.05, 3.63) is 0 Å². The van der Waals surface area contributed by atoms with Crippen LogP contribution in [0, 0.1) is 17.3 Å². The summed E-state index contributed by atoms with van der Waals surface area (Å²) >= 11 is 0. The summed E-state index contributed by atoms with van der Waals surface area (Å²) in [4.78, 5) is 2.79. The van der Waals surface area contributed by atoms with E-state index in [2.05, 4.69) is 32.6 Å². The maximum absolute atomic E-state index is 6.32. The molecule has 20 heavy (non-hydrogen) atoms. The molecule has 3 unspecified atom stereocenters. The molecule has 0 amide bonds. The summed E-state index contributed by atoms with van der Waals surface area (Å²) < 4.78 is 0. The van der Waals surface area contributed by atoms with Crippen molar-refractivity contribution in [3.63, 3.8) is 0 Å². The van der Waals surface area contributed by atoms with Crippen molar-refractivity contribution in [1.82, 2.24) is 4.90 Å². The maximum Gasteiger partial charge on any atom is 0.0357 e. The molecular weight excluding hydrogens is 244 g/mol. The molecule has 0 spiro atoms. The third kappa shape index (κ3) is 3.22. The molecule has 1 heterocycles. The Balaban J connectivity index is 2.10. The van der Waals surface area contributed by atoms with Crippen LogP contribution in [0.2, 0.25) is 0 Å². The van der Waals surface area contributed by atoms with E-state index >= 15 is 0 Å². The van der Waals surface area contributed by atoms with Gasteiger partial charge in [0.05, 0.1) is 0 Å². The molecule has 3 atom stereocenters. The summed E-state index contributed by atoms with van der Waals surface area (Å²) in [5, 5.41) is 0. The zero-order valence-electron chi connectivity index (χ0n) is 14.3. The summed E-state index contributed by atoms with van der Waals surface area (Å²) in [6, 6.07) is 0. The molecule has 2 N–H and O–H groups in total. The van der Waals surface area contributed by atoms with Crippen molar-refractivity contribution in [2.45, 2.75) is 78.2 Å². The van der Waals surface area contributed by atoms with E-state index in [1.165, 1.54) is 58.0 Å². The van der Waals surface area contributed by atoms with Crippen LogP contribution in [0.5, 0.6) is 0 Å². The zero-order chi connectivity index (χ0) is 14.8. The van der Waals surface area contributed by atoms with Gasteiger partial charge in [0.15, 0.2) is 0 Å². The molecule has 1 saturated heterocycles. The van der Waals surface area contributed by atoms with E-state index in [9.17, 15) is 0 Å². The van der Waals surface area contributed by atoms with Crippen molar-refractivity contribution in [2.75, 3.05) is 19.6 Å². The van der Waals surface area contributed by atoms with Gasteiger partial charge in [0.1, 0.15) is 0 Å². The fraction of sp³-hybridized carbons (Fsp3) is 1.00. The van der Waals surface area contributed by atoms with Crippen molar-refractivity contribution < 1.29 is 0 Å². The fourth-order valence-corrected chi connectivity index (χ4v) is 4.84. The van der Waals surface area contributed by atoms with Crippen LogP contribution in [0.4, 0.5) is 0 Å². The van der Waals surface area contributed by atoms with Crippen LogP contribution in [-0.2, 0) is 0 Å². The van der Waals surface area contributed by atoms with Gasteiger partial charge in [-0.25, -0.2) is 0 Å². The quantitative estimate of drug-likeness (QED) is 0.845. The second kappa shape index (κ2) is 6.36. The molecule has 0 aromatic carbocycles. The van der Waals surface area contributed by atoms with Gasteiger partial charge < -0.3 is 5.73 Å². The van der Waals surface area contributed by atoms with E-state index < -0.39 is 0 Å². The predicted molar refractivity (Wildman–Crippen MR) is 87.8 cm³/mol. The van der Waals surface area contributed by atoms with Crippen molar-refractivity contribution >= 4 is 0 Å². The normalized spacial score (nSPS) is 39.5. The molecule has 0 bridgehead atoms. The molecule has 2 aliphatic rings. The summed E-state index contributed by atoms with van der Waals surface area (Å²) in [5.41, 5.74) is 7.12. The lowest BCUT2D eigenvalue weighted by atomic mass is 9.63. The SMILES string of the molecule is CCC1CCCN(C2(CN)CCC(C)(C)CC2C)CC1. The summed E-state index contributed by atoms with van der Waals surface area (Å²) in [6.07, 6.45) is 9.50. The van der Waals surface area contributed by atoms with Gasteiger partial charge in [0, 0.05) is 12.1 Å². The van der Waals surface area contributed by atoms with Crippen LogP contribution in [0.1, 0.15) is 72.6 Å². The summed E-state index contributed by atoms with van der Waals surface area (Å²) in [6.45, 7) is 13.1. The van der Waals surface area contributed by atoms with E-state index in [1.54, 1.807) is 0 Å². The Hall–Kier alpha value is -0.0800. The Morgan fingerprint density at radius 2 is 1.90 bits per heavy atom. The lowest BCUT2D eigenvalue weighted by Gasteiger charge is -2.54. The molecule has 1 aliphatic carbocycles. The third-order valence-corrected chi connectivity index (χ3v) is 6.42. The highest BCUT2D eigenvalue weighted by molar-refractivity contribution is 5.02. The van der Waals surface area contributed by atoms with Gasteiger partial charge >= 0.3 is 0 Å². The lowest BCUT2D eigenvalue weighted by Crippen LogP contribution is -2.61. The molecule has 0 aromatic heterocycles. The molecule has 2 fully saturated rings. The van der Waals surface area contributed by atoms with Crippen molar-refractivity contribution in [2.24, 2.45) is 23.0 Å². The van der Waals surface area contributed by atoms with E-state index in [-0.39, 0.29) is 5.54 Å². The Bertz CT molecular complexity index is 313. The Labute approximate surface area is 126 Å². The van der Waals surface area contributed by atoms with E-state index in [0.29, 0.717) is 5.41 Å². The summed E-state index contributed by atoms with van der Waals surface area (Å²) in [7, 11) is 0. The van der Waals surface area contributed by atoms with Crippen molar-refractivity contribution in [3.8, 4) is 0 Å². The smallest absolute Gasteiger partial charge is 0.0357 e. The number of rotatable bonds is 3. The maximum atomic E-state index is 6.32. The fourth-order valence-electron chi connectivity index (χ4n) is 4.84. The minimum atomic E-state index is 0.290. The van der Waals surface area contributed by atoms with Gasteiger partial charge in [0.2, 0.25) is 0 Å². The van der Waals surface area contributed by atoms with Crippen LogP contribution in [0.3, 0.4) is 0 Å². The minimum Gasteiger partial charge on any atom is -0.329 e. The summed E-state index contributed by atoms with van der Waals surface area (Å²) in [5.74, 6) is 1.68. The number of nitrogens with two attached hydrogens (primary N) is 1. The standard InChI is InChI=1S/C18H36N2/c1-5-16-7-6-11-20(12-8-16)18(14-19)10-9-17(3,4)13-15(18)2/h15-16H,5-14,19H2,1-4H3. The van der Waals surface area contributed by atoms with E-state index in [1.807, 2.05) is 0 Å². The molecule has 0 aromatic rings. The average Bonchev–Trinajstić information content (AvgIpc) is 2.64. The van der Waals surface area contributed by atoms with E-state index in [0.717, 1.165) is 18.4 Å². The molecule has 118 valence electrons. The van der Waals surface area contributed by atoms with Gasteiger partial charge in [0.25, 0.3) is 0 Å². The monoisotopic (exact) mass is 280 g/mol. The molecule has 2 heteroatoms. The first-order valence-corrected chi connectivity index (χ1v) is 8.88. The van der Waals surface area contributed by atoms with Crippen LogP contribution in [-0.4, -0.2) is 30.1 Å². The first-order chi connectivity index (χ1) is 9.43. The number of nitrogens with zero attached hydrogens (tertiary/aromatic N) is 1.